The van der Waals surface area contributed by atoms with Gasteiger partial charge in [0.25, 0.3) is 0 Å². The molecule has 0 aromatic heterocycles. The monoisotopic (exact) mass is 666 g/mol. The maximum Gasteiger partial charge on any atom is 0.176 e. The fourth-order valence-electron chi connectivity index (χ4n) is 6.66. The largest absolute Gasteiger partial charge is 0.382 e. The Balaban J connectivity index is 1.23. The molecule has 1 saturated heterocycles. The highest BCUT2D eigenvalue weighted by Crippen LogP contribution is 2.44. The summed E-state index contributed by atoms with van der Waals surface area (Å²) >= 11 is 0. The predicted molar refractivity (Wildman–Crippen MR) is 183 cm³/mol. The van der Waals surface area contributed by atoms with Crippen LogP contribution >= 0.6 is 0 Å². The number of carbonyl (C=O) groups excluding carboxylic acids is 4. The number of rotatable bonds is 19. The van der Waals surface area contributed by atoms with E-state index in [1.807, 2.05) is 38.0 Å². The number of nitrogens with zero attached hydrogens (tertiary/aromatic N) is 3. The van der Waals surface area contributed by atoms with Crippen LogP contribution in [0.1, 0.15) is 54.3 Å². The normalized spacial score (nSPS) is 19.7. The quantitative estimate of drug-likeness (QED) is 0.175. The number of morpholine rings is 1. The van der Waals surface area contributed by atoms with Crippen molar-refractivity contribution in [3.05, 3.63) is 40.5 Å². The number of ether oxygens (including phenoxy) is 4. The molecule has 2 unspecified atom stereocenters. The van der Waals surface area contributed by atoms with Crippen LogP contribution in [0.4, 0.5) is 5.69 Å². The molecule has 2 aromatic carbocycles. The second-order valence-corrected chi connectivity index (χ2v) is 13.2. The van der Waals surface area contributed by atoms with Crippen LogP contribution in [-0.2, 0) is 18.9 Å². The topological polar surface area (TPSA) is 127 Å². The maximum absolute atomic E-state index is 14.0. The molecular formula is C36H50N4O8. The highest BCUT2D eigenvalue weighted by molar-refractivity contribution is 6.38. The van der Waals surface area contributed by atoms with E-state index in [1.165, 1.54) is 0 Å². The summed E-state index contributed by atoms with van der Waals surface area (Å²) < 4.78 is 22.4. The maximum atomic E-state index is 14.0. The van der Waals surface area contributed by atoms with Crippen molar-refractivity contribution in [3.63, 3.8) is 0 Å². The molecule has 12 nitrogen and oxygen atoms in total. The van der Waals surface area contributed by atoms with Crippen LogP contribution in [0, 0.1) is 11.8 Å². The van der Waals surface area contributed by atoms with Crippen molar-refractivity contribution in [2.45, 2.75) is 12.8 Å². The van der Waals surface area contributed by atoms with E-state index in [-0.39, 0.29) is 23.1 Å². The molecule has 0 radical (unpaired) electrons. The van der Waals surface area contributed by atoms with E-state index in [2.05, 4.69) is 10.2 Å². The van der Waals surface area contributed by atoms with E-state index in [1.54, 1.807) is 18.2 Å². The second kappa shape index (κ2) is 17.0. The molecular weight excluding hydrogens is 616 g/mol. The van der Waals surface area contributed by atoms with Gasteiger partial charge in [0, 0.05) is 59.3 Å². The van der Waals surface area contributed by atoms with Crippen LogP contribution in [0.3, 0.4) is 0 Å². The van der Waals surface area contributed by atoms with Crippen molar-refractivity contribution in [2.75, 3.05) is 126 Å². The molecule has 3 aliphatic rings. The fraction of sp³-hybridized carbons (Fsp3) is 0.611. The van der Waals surface area contributed by atoms with Crippen LogP contribution in [0.2, 0.25) is 0 Å². The number of hydrogen-bond acceptors (Lipinski definition) is 12. The first-order valence-corrected chi connectivity index (χ1v) is 17.1. The Hall–Kier alpha value is -3.10. The minimum atomic E-state index is -0.834. The molecule has 12 heteroatoms. The lowest BCUT2D eigenvalue weighted by atomic mass is 9.71. The summed E-state index contributed by atoms with van der Waals surface area (Å²) in [5.41, 5.74) is 2.04. The molecule has 0 bridgehead atoms. The molecule has 0 amide bonds. The summed E-state index contributed by atoms with van der Waals surface area (Å²) in [5.74, 6) is -2.71. The van der Waals surface area contributed by atoms with E-state index < -0.39 is 11.8 Å². The standard InChI is InChI=1S/C36H50N4O8/c1-38(2)10-7-26-33(41)24-5-6-25-31-30(24)28(35(26)43)23-29(32(31)36(44)27(34(25)42)8-11-39(3)4)37-9-15-45-19-21-48-22-20-47-18-14-40-12-16-46-17-13-40/h5-6,23,26-27,37H,7-22H2,1-4H3. The molecule has 0 spiro atoms. The minimum Gasteiger partial charge on any atom is -0.382 e. The molecule has 1 N–H and O–H groups in total. The van der Waals surface area contributed by atoms with Gasteiger partial charge in [-0.1, -0.05) is 0 Å². The van der Waals surface area contributed by atoms with Crippen LogP contribution < -0.4 is 5.32 Å². The van der Waals surface area contributed by atoms with Gasteiger partial charge in [-0.25, -0.2) is 0 Å². The van der Waals surface area contributed by atoms with Gasteiger partial charge in [-0.2, -0.15) is 0 Å². The summed E-state index contributed by atoms with van der Waals surface area (Å²) in [4.78, 5) is 61.4. The third-order valence-electron chi connectivity index (χ3n) is 9.28. The molecule has 2 atom stereocenters. The Labute approximate surface area is 283 Å². The van der Waals surface area contributed by atoms with Gasteiger partial charge in [-0.3, -0.25) is 24.1 Å². The molecule has 1 fully saturated rings. The molecule has 2 aliphatic carbocycles. The number of nitrogens with one attached hydrogen (secondary N) is 1. The SMILES string of the molecule is CN(C)CCC1C(=O)c2ccc3c4c(c(NCCOCCOCCOCCN5CCOCC5)cc(c24)C1=O)C(=O)C(CCN(C)C)C3=O. The van der Waals surface area contributed by atoms with Gasteiger partial charge in [0.1, 0.15) is 0 Å². The summed E-state index contributed by atoms with van der Waals surface area (Å²) in [7, 11) is 7.61. The number of benzene rings is 2. The lowest BCUT2D eigenvalue weighted by Gasteiger charge is -2.31. The summed E-state index contributed by atoms with van der Waals surface area (Å²) in [6, 6.07) is 5.04. The number of hydrogen-bond donors (Lipinski definition) is 1. The fourth-order valence-corrected chi connectivity index (χ4v) is 6.66. The molecule has 1 aliphatic heterocycles. The molecule has 5 rings (SSSR count). The van der Waals surface area contributed by atoms with E-state index in [9.17, 15) is 19.2 Å². The zero-order valence-electron chi connectivity index (χ0n) is 28.8. The first-order chi connectivity index (χ1) is 23.2. The first-order valence-electron chi connectivity index (χ1n) is 17.1. The number of ketones is 4. The first kappa shape index (κ1) is 36.2. The van der Waals surface area contributed by atoms with Crippen LogP contribution in [-0.4, -0.2) is 158 Å². The Bertz CT molecular complexity index is 1490. The predicted octanol–water partition coefficient (Wildman–Crippen LogP) is 2.53. The van der Waals surface area contributed by atoms with E-state index in [0.717, 1.165) is 32.8 Å². The van der Waals surface area contributed by atoms with Gasteiger partial charge in [-0.05, 0) is 72.3 Å². The highest BCUT2D eigenvalue weighted by atomic mass is 16.5. The van der Waals surface area contributed by atoms with Gasteiger partial charge in [-0.15, -0.1) is 0 Å². The molecule has 0 saturated carbocycles. The van der Waals surface area contributed by atoms with Gasteiger partial charge >= 0.3 is 0 Å². The van der Waals surface area contributed by atoms with Crippen molar-refractivity contribution in [1.29, 1.82) is 0 Å². The van der Waals surface area contributed by atoms with Crippen molar-refractivity contribution in [2.24, 2.45) is 11.8 Å². The summed E-state index contributed by atoms with van der Waals surface area (Å²) in [6.07, 6.45) is 0.764. The third-order valence-corrected chi connectivity index (χ3v) is 9.28. The van der Waals surface area contributed by atoms with Crippen molar-refractivity contribution in [1.82, 2.24) is 14.7 Å². The Kier molecular flexibility index (Phi) is 12.8. The van der Waals surface area contributed by atoms with Gasteiger partial charge in [0.2, 0.25) is 0 Å². The highest BCUT2D eigenvalue weighted by Gasteiger charge is 2.43. The van der Waals surface area contributed by atoms with Gasteiger partial charge in [0.05, 0.1) is 70.3 Å². The van der Waals surface area contributed by atoms with Gasteiger partial charge < -0.3 is 34.1 Å². The van der Waals surface area contributed by atoms with Crippen molar-refractivity contribution in [3.8, 4) is 0 Å². The summed E-state index contributed by atoms with van der Waals surface area (Å²) in [5, 5.41) is 4.17. The Morgan fingerprint density at radius 3 is 1.83 bits per heavy atom. The Morgan fingerprint density at radius 2 is 1.23 bits per heavy atom. The lowest BCUT2D eigenvalue weighted by molar-refractivity contribution is -0.00151. The minimum absolute atomic E-state index is 0.252. The van der Waals surface area contributed by atoms with Crippen LogP contribution in [0.5, 0.6) is 0 Å². The van der Waals surface area contributed by atoms with E-state index in [0.29, 0.717) is 111 Å². The van der Waals surface area contributed by atoms with Crippen LogP contribution in [0.25, 0.3) is 10.8 Å². The zero-order valence-corrected chi connectivity index (χ0v) is 28.8. The number of anilines is 1. The number of Topliss-reactive ketones (excluding diaryl/α,β-unsaturated/α-hetero) is 4. The molecule has 1 heterocycles. The molecule has 48 heavy (non-hydrogen) atoms. The average molecular weight is 667 g/mol. The summed E-state index contributed by atoms with van der Waals surface area (Å²) in [6.45, 7) is 8.70. The van der Waals surface area contributed by atoms with Crippen molar-refractivity contribution >= 4 is 39.6 Å². The zero-order chi connectivity index (χ0) is 34.2. The number of carbonyl (C=O) groups is 4. The second-order valence-electron chi connectivity index (χ2n) is 13.2. The van der Waals surface area contributed by atoms with Crippen molar-refractivity contribution < 1.29 is 38.1 Å². The van der Waals surface area contributed by atoms with E-state index >= 15 is 0 Å². The molecule has 262 valence electrons. The Morgan fingerprint density at radius 1 is 0.708 bits per heavy atom. The third kappa shape index (κ3) is 8.36. The lowest BCUT2D eigenvalue weighted by Crippen LogP contribution is -2.38. The van der Waals surface area contributed by atoms with Gasteiger partial charge in [0.15, 0.2) is 23.1 Å². The van der Waals surface area contributed by atoms with E-state index in [4.69, 9.17) is 18.9 Å². The smallest absolute Gasteiger partial charge is 0.176 e. The average Bonchev–Trinajstić information content (AvgIpc) is 3.06. The molecule has 2 aromatic rings. The van der Waals surface area contributed by atoms with Crippen LogP contribution in [0.15, 0.2) is 18.2 Å².